The Hall–Kier alpha value is 0.270. The van der Waals surface area contributed by atoms with Crippen molar-refractivity contribution >= 4 is 12.6 Å². The number of ether oxygens (including phenoxy) is 2. The van der Waals surface area contributed by atoms with Crippen molar-refractivity contribution in [3.05, 3.63) is 0 Å². The highest BCUT2D eigenvalue weighted by molar-refractivity contribution is 7.80. The third kappa shape index (κ3) is 4.15. The van der Waals surface area contributed by atoms with E-state index in [-0.39, 0.29) is 0 Å². The Morgan fingerprint density at radius 3 is 2.53 bits per heavy atom. The summed E-state index contributed by atoms with van der Waals surface area (Å²) in [4.78, 5) is 0. The Morgan fingerprint density at radius 2 is 1.94 bits per heavy atom. The van der Waals surface area contributed by atoms with E-state index < -0.39 is 0 Å². The molecule has 2 rings (SSSR count). The number of thiol groups is 1. The molecule has 0 N–H and O–H groups in total. The minimum absolute atomic E-state index is 0.360. The third-order valence-corrected chi connectivity index (χ3v) is 4.96. The van der Waals surface area contributed by atoms with E-state index >= 15 is 0 Å². The lowest BCUT2D eigenvalue weighted by molar-refractivity contribution is 0.0253. The zero-order valence-electron chi connectivity index (χ0n) is 10.8. The van der Waals surface area contributed by atoms with Gasteiger partial charge in [0.05, 0.1) is 19.8 Å². The van der Waals surface area contributed by atoms with Gasteiger partial charge in [0, 0.05) is 17.9 Å². The van der Waals surface area contributed by atoms with Crippen LogP contribution in [0.5, 0.6) is 0 Å². The smallest absolute Gasteiger partial charge is 0.0530 e. The van der Waals surface area contributed by atoms with Gasteiger partial charge in [0.1, 0.15) is 0 Å². The van der Waals surface area contributed by atoms with Gasteiger partial charge in [-0.2, -0.15) is 12.6 Å². The van der Waals surface area contributed by atoms with Gasteiger partial charge in [-0.05, 0) is 25.0 Å². The summed E-state index contributed by atoms with van der Waals surface area (Å²) in [6.45, 7) is 3.61. The van der Waals surface area contributed by atoms with Crippen molar-refractivity contribution in [2.75, 3.05) is 32.2 Å². The zero-order chi connectivity index (χ0) is 12.0. The monoisotopic (exact) mass is 258 g/mol. The van der Waals surface area contributed by atoms with E-state index in [1.54, 1.807) is 0 Å². The maximum absolute atomic E-state index is 5.98. The predicted octanol–water partition coefficient (Wildman–Crippen LogP) is 3.31. The first-order chi connectivity index (χ1) is 8.35. The molecule has 2 fully saturated rings. The molecule has 1 atom stereocenters. The minimum atomic E-state index is 0.360. The van der Waals surface area contributed by atoms with E-state index in [1.165, 1.54) is 44.9 Å². The molecule has 1 saturated carbocycles. The largest absolute Gasteiger partial charge is 0.381 e. The molecule has 1 unspecified atom stereocenters. The third-order valence-electron chi connectivity index (χ3n) is 4.29. The van der Waals surface area contributed by atoms with E-state index in [0.29, 0.717) is 11.3 Å². The van der Waals surface area contributed by atoms with Crippen molar-refractivity contribution < 1.29 is 9.47 Å². The van der Waals surface area contributed by atoms with E-state index in [2.05, 4.69) is 12.6 Å². The normalized spacial score (nSPS) is 29.1. The molecular formula is C14H26O2S. The molecule has 2 aliphatic rings. The van der Waals surface area contributed by atoms with Crippen LogP contribution >= 0.6 is 12.6 Å². The van der Waals surface area contributed by atoms with Crippen molar-refractivity contribution in [1.82, 2.24) is 0 Å². The van der Waals surface area contributed by atoms with Gasteiger partial charge in [0.2, 0.25) is 0 Å². The van der Waals surface area contributed by atoms with Gasteiger partial charge in [-0.3, -0.25) is 0 Å². The first kappa shape index (κ1) is 13.7. The molecule has 0 aromatic rings. The highest BCUT2D eigenvalue weighted by atomic mass is 32.1. The number of rotatable bonds is 5. The van der Waals surface area contributed by atoms with Crippen molar-refractivity contribution in [2.24, 2.45) is 11.3 Å². The van der Waals surface area contributed by atoms with E-state index in [1.807, 2.05) is 0 Å². The first-order valence-electron chi connectivity index (χ1n) is 7.11. The summed E-state index contributed by atoms with van der Waals surface area (Å²) < 4.78 is 11.4. The van der Waals surface area contributed by atoms with Gasteiger partial charge < -0.3 is 9.47 Å². The molecule has 0 bridgehead atoms. The topological polar surface area (TPSA) is 18.5 Å². The summed E-state index contributed by atoms with van der Waals surface area (Å²) >= 11 is 4.58. The van der Waals surface area contributed by atoms with Crippen LogP contribution in [0, 0.1) is 11.3 Å². The van der Waals surface area contributed by atoms with E-state index in [4.69, 9.17) is 9.47 Å². The van der Waals surface area contributed by atoms with E-state index in [0.717, 1.165) is 32.2 Å². The van der Waals surface area contributed by atoms with Crippen LogP contribution in [0.4, 0.5) is 0 Å². The molecule has 1 saturated heterocycles. The fourth-order valence-electron chi connectivity index (χ4n) is 2.98. The molecule has 1 aliphatic carbocycles. The molecule has 100 valence electrons. The van der Waals surface area contributed by atoms with Crippen LogP contribution < -0.4 is 0 Å². The second kappa shape index (κ2) is 7.01. The zero-order valence-corrected chi connectivity index (χ0v) is 11.7. The van der Waals surface area contributed by atoms with Gasteiger partial charge in [0.25, 0.3) is 0 Å². The molecule has 0 amide bonds. The molecule has 0 aromatic heterocycles. The lowest BCUT2D eigenvalue weighted by Gasteiger charge is -2.31. The minimum Gasteiger partial charge on any atom is -0.381 e. The standard InChI is InChI=1S/C14H26O2S/c17-12-14(6-3-1-2-4-7-14)11-16-10-13-5-8-15-9-13/h13,17H,1-12H2. The summed E-state index contributed by atoms with van der Waals surface area (Å²) in [7, 11) is 0. The average Bonchev–Trinajstić information content (AvgIpc) is 2.75. The molecule has 2 nitrogen and oxygen atoms in total. The highest BCUT2D eigenvalue weighted by Gasteiger charge is 2.30. The van der Waals surface area contributed by atoms with Gasteiger partial charge in [-0.15, -0.1) is 0 Å². The summed E-state index contributed by atoms with van der Waals surface area (Å²) in [5.74, 6) is 1.62. The fraction of sp³-hybridized carbons (Fsp3) is 1.00. The molecule has 17 heavy (non-hydrogen) atoms. The fourth-order valence-corrected chi connectivity index (χ4v) is 3.39. The van der Waals surface area contributed by atoms with Crippen LogP contribution in [0.2, 0.25) is 0 Å². The molecule has 0 aromatic carbocycles. The Balaban J connectivity index is 1.73. The molecule has 3 heteroatoms. The quantitative estimate of drug-likeness (QED) is 0.602. The first-order valence-corrected chi connectivity index (χ1v) is 7.74. The Labute approximate surface area is 111 Å². The second-order valence-corrected chi connectivity index (χ2v) is 6.13. The maximum Gasteiger partial charge on any atom is 0.0530 e. The van der Waals surface area contributed by atoms with Crippen molar-refractivity contribution in [3.8, 4) is 0 Å². The molecule has 0 radical (unpaired) electrons. The van der Waals surface area contributed by atoms with Crippen LogP contribution in [0.1, 0.15) is 44.9 Å². The van der Waals surface area contributed by atoms with Crippen molar-refractivity contribution in [1.29, 1.82) is 0 Å². The van der Waals surface area contributed by atoms with Crippen LogP contribution in [0.3, 0.4) is 0 Å². The molecule has 0 spiro atoms. The number of hydrogen-bond acceptors (Lipinski definition) is 3. The summed E-state index contributed by atoms with van der Waals surface area (Å²) in [6, 6.07) is 0. The van der Waals surface area contributed by atoms with Gasteiger partial charge in [-0.1, -0.05) is 25.7 Å². The lowest BCUT2D eigenvalue weighted by Crippen LogP contribution is -2.29. The Bertz CT molecular complexity index is 206. The van der Waals surface area contributed by atoms with Crippen molar-refractivity contribution in [3.63, 3.8) is 0 Å². The predicted molar refractivity (Wildman–Crippen MR) is 73.7 cm³/mol. The van der Waals surface area contributed by atoms with Crippen LogP contribution in [-0.4, -0.2) is 32.2 Å². The van der Waals surface area contributed by atoms with Crippen LogP contribution in [0.25, 0.3) is 0 Å². The second-order valence-electron chi connectivity index (χ2n) is 5.82. The number of hydrogen-bond donors (Lipinski definition) is 1. The Kier molecular flexibility index (Phi) is 5.64. The summed E-state index contributed by atoms with van der Waals surface area (Å²) in [5, 5.41) is 0. The van der Waals surface area contributed by atoms with Gasteiger partial charge >= 0.3 is 0 Å². The van der Waals surface area contributed by atoms with Crippen LogP contribution in [0.15, 0.2) is 0 Å². The highest BCUT2D eigenvalue weighted by Crippen LogP contribution is 2.36. The summed E-state index contributed by atoms with van der Waals surface area (Å²) in [5.41, 5.74) is 0.360. The van der Waals surface area contributed by atoms with Crippen molar-refractivity contribution in [2.45, 2.75) is 44.9 Å². The molecule has 1 heterocycles. The summed E-state index contributed by atoms with van der Waals surface area (Å²) in [6.07, 6.45) is 9.29. The molecule has 1 aliphatic heterocycles. The van der Waals surface area contributed by atoms with Gasteiger partial charge in [0.15, 0.2) is 0 Å². The molecular weight excluding hydrogens is 232 g/mol. The Morgan fingerprint density at radius 1 is 1.18 bits per heavy atom. The maximum atomic E-state index is 5.98. The SMILES string of the molecule is SCC1(COCC2CCOC2)CCCCCC1. The lowest BCUT2D eigenvalue weighted by atomic mass is 9.83. The van der Waals surface area contributed by atoms with E-state index in [9.17, 15) is 0 Å². The average molecular weight is 258 g/mol. The van der Waals surface area contributed by atoms with Crippen LogP contribution in [-0.2, 0) is 9.47 Å². The van der Waals surface area contributed by atoms with Gasteiger partial charge in [-0.25, -0.2) is 0 Å².